The van der Waals surface area contributed by atoms with Gasteiger partial charge in [0.1, 0.15) is 0 Å². The van der Waals surface area contributed by atoms with Crippen LogP contribution in [0.15, 0.2) is 0 Å². The predicted octanol–water partition coefficient (Wildman–Crippen LogP) is -1.80. The minimum Gasteiger partial charge on any atom is -0.391 e. The molecule has 4 heteroatoms. The zero-order valence-corrected chi connectivity index (χ0v) is 6.14. The molecule has 2 aliphatic rings. The fourth-order valence-corrected chi connectivity index (χ4v) is 2.02. The van der Waals surface area contributed by atoms with Gasteiger partial charge in [-0.25, -0.2) is 0 Å². The van der Waals surface area contributed by atoms with Crippen LogP contribution in [0.1, 0.15) is 12.8 Å². The van der Waals surface area contributed by atoms with Crippen LogP contribution in [-0.4, -0.2) is 45.7 Å². The maximum Gasteiger partial charge on any atom is 0.0992 e. The molecule has 2 saturated heterocycles. The molecule has 0 aromatic heterocycles. The van der Waals surface area contributed by atoms with Crippen molar-refractivity contribution in [1.82, 2.24) is 5.32 Å². The monoisotopic (exact) mass is 159 g/mol. The molecule has 0 spiro atoms. The molecule has 2 aliphatic heterocycles. The fourth-order valence-electron chi connectivity index (χ4n) is 2.02. The van der Waals surface area contributed by atoms with E-state index in [9.17, 15) is 15.3 Å². The number of piperidine rings is 1. The molecular formula is C7H13NO3. The van der Waals surface area contributed by atoms with Crippen molar-refractivity contribution < 1.29 is 15.3 Å². The highest BCUT2D eigenvalue weighted by atomic mass is 16.3. The number of rotatable bonds is 0. The van der Waals surface area contributed by atoms with Gasteiger partial charge < -0.3 is 20.6 Å². The van der Waals surface area contributed by atoms with E-state index in [2.05, 4.69) is 5.32 Å². The van der Waals surface area contributed by atoms with Gasteiger partial charge in [0.15, 0.2) is 0 Å². The summed E-state index contributed by atoms with van der Waals surface area (Å²) in [7, 11) is 0. The first-order chi connectivity index (χ1) is 5.20. The predicted molar refractivity (Wildman–Crippen MR) is 38.0 cm³/mol. The molecule has 0 aliphatic carbocycles. The van der Waals surface area contributed by atoms with E-state index in [1.807, 2.05) is 0 Å². The lowest BCUT2D eigenvalue weighted by Gasteiger charge is -2.26. The Morgan fingerprint density at radius 3 is 2.36 bits per heavy atom. The van der Waals surface area contributed by atoms with Crippen molar-refractivity contribution in [3.63, 3.8) is 0 Å². The van der Waals surface area contributed by atoms with Gasteiger partial charge in [-0.3, -0.25) is 0 Å². The standard InChI is InChI=1S/C7H13NO3/c9-4-2-1-3-6(10)7(11)5(4)8-3/h3-11H,1-2H2/t3-,4+,5+,6-,7+/m1/s1. The highest BCUT2D eigenvalue weighted by Crippen LogP contribution is 2.27. The van der Waals surface area contributed by atoms with Gasteiger partial charge in [-0.15, -0.1) is 0 Å². The van der Waals surface area contributed by atoms with Crippen LogP contribution in [0.25, 0.3) is 0 Å². The summed E-state index contributed by atoms with van der Waals surface area (Å²) in [5.74, 6) is 0. The minimum atomic E-state index is -0.794. The molecule has 0 unspecified atom stereocenters. The average Bonchev–Trinajstić information content (AvgIpc) is 2.24. The molecule has 5 atom stereocenters. The van der Waals surface area contributed by atoms with Crippen molar-refractivity contribution >= 4 is 0 Å². The van der Waals surface area contributed by atoms with Crippen LogP contribution in [0.3, 0.4) is 0 Å². The lowest BCUT2D eigenvalue weighted by Crippen LogP contribution is -2.47. The van der Waals surface area contributed by atoms with E-state index >= 15 is 0 Å². The van der Waals surface area contributed by atoms with Crippen molar-refractivity contribution in [2.75, 3.05) is 0 Å². The summed E-state index contributed by atoms with van der Waals surface area (Å²) in [6.45, 7) is 0. The lowest BCUT2D eigenvalue weighted by molar-refractivity contribution is 0.0112. The Kier molecular flexibility index (Phi) is 1.64. The Balaban J connectivity index is 2.16. The topological polar surface area (TPSA) is 72.7 Å². The van der Waals surface area contributed by atoms with Gasteiger partial charge in [-0.2, -0.15) is 0 Å². The Labute approximate surface area is 64.8 Å². The first-order valence-corrected chi connectivity index (χ1v) is 4.00. The third-order valence-electron chi connectivity index (χ3n) is 2.72. The van der Waals surface area contributed by atoms with Gasteiger partial charge in [0.2, 0.25) is 0 Å². The molecule has 4 nitrogen and oxygen atoms in total. The maximum absolute atomic E-state index is 9.37. The maximum atomic E-state index is 9.37. The van der Waals surface area contributed by atoms with Gasteiger partial charge in [-0.1, -0.05) is 0 Å². The number of fused-ring (bicyclic) bond motifs is 2. The number of hydrogen-bond donors (Lipinski definition) is 4. The molecule has 0 aromatic rings. The van der Waals surface area contributed by atoms with E-state index in [0.717, 1.165) is 6.42 Å². The smallest absolute Gasteiger partial charge is 0.0992 e. The Morgan fingerprint density at radius 2 is 1.73 bits per heavy atom. The number of hydrogen-bond acceptors (Lipinski definition) is 4. The summed E-state index contributed by atoms with van der Waals surface area (Å²) in [5.41, 5.74) is 0. The summed E-state index contributed by atoms with van der Waals surface area (Å²) < 4.78 is 0. The SMILES string of the molecule is O[C@@H]1[C@H](O)[C@H]2CC[C@H](O)[C@@H]1N2. The molecule has 2 bridgehead atoms. The molecule has 0 aromatic carbocycles. The summed E-state index contributed by atoms with van der Waals surface area (Å²) in [5, 5.41) is 31.1. The van der Waals surface area contributed by atoms with E-state index in [-0.39, 0.29) is 12.1 Å². The highest BCUT2D eigenvalue weighted by molar-refractivity contribution is 5.04. The van der Waals surface area contributed by atoms with Crippen LogP contribution in [0.2, 0.25) is 0 Å². The molecule has 0 saturated carbocycles. The van der Waals surface area contributed by atoms with Gasteiger partial charge in [-0.05, 0) is 12.8 Å². The summed E-state index contributed by atoms with van der Waals surface area (Å²) in [4.78, 5) is 0. The molecule has 2 heterocycles. The molecule has 11 heavy (non-hydrogen) atoms. The quantitative estimate of drug-likeness (QED) is 0.336. The van der Waals surface area contributed by atoms with Crippen molar-refractivity contribution in [3.8, 4) is 0 Å². The van der Waals surface area contributed by atoms with Crippen molar-refractivity contribution in [3.05, 3.63) is 0 Å². The van der Waals surface area contributed by atoms with Crippen LogP contribution in [-0.2, 0) is 0 Å². The third-order valence-corrected chi connectivity index (χ3v) is 2.72. The lowest BCUT2D eigenvalue weighted by atomic mass is 10.0. The second-order valence-electron chi connectivity index (χ2n) is 3.42. The van der Waals surface area contributed by atoms with Crippen molar-refractivity contribution in [2.24, 2.45) is 0 Å². The van der Waals surface area contributed by atoms with Crippen molar-refractivity contribution in [1.29, 1.82) is 0 Å². The summed E-state index contributed by atoms with van der Waals surface area (Å²) in [6, 6.07) is -0.331. The van der Waals surface area contributed by atoms with Crippen LogP contribution in [0.4, 0.5) is 0 Å². The van der Waals surface area contributed by atoms with Crippen LogP contribution >= 0.6 is 0 Å². The highest BCUT2D eigenvalue weighted by Gasteiger charge is 2.47. The van der Waals surface area contributed by atoms with Gasteiger partial charge in [0.05, 0.1) is 24.4 Å². The zero-order valence-electron chi connectivity index (χ0n) is 6.14. The second kappa shape index (κ2) is 2.42. The summed E-state index contributed by atoms with van der Waals surface area (Å²) >= 11 is 0. The van der Waals surface area contributed by atoms with Gasteiger partial charge in [0.25, 0.3) is 0 Å². The largest absolute Gasteiger partial charge is 0.391 e. The Morgan fingerprint density at radius 1 is 1.00 bits per heavy atom. The molecule has 2 rings (SSSR count). The summed E-state index contributed by atoms with van der Waals surface area (Å²) in [6.07, 6.45) is -0.570. The Hall–Kier alpha value is -0.160. The second-order valence-corrected chi connectivity index (χ2v) is 3.42. The average molecular weight is 159 g/mol. The zero-order chi connectivity index (χ0) is 8.01. The van der Waals surface area contributed by atoms with E-state index < -0.39 is 18.3 Å². The van der Waals surface area contributed by atoms with E-state index in [0.29, 0.717) is 6.42 Å². The van der Waals surface area contributed by atoms with E-state index in [1.54, 1.807) is 0 Å². The molecule has 2 fully saturated rings. The van der Waals surface area contributed by atoms with Crippen LogP contribution in [0.5, 0.6) is 0 Å². The number of aliphatic hydroxyl groups excluding tert-OH is 3. The molecule has 4 N–H and O–H groups in total. The number of aliphatic hydroxyl groups is 3. The normalized spacial score (nSPS) is 56.5. The van der Waals surface area contributed by atoms with Crippen molar-refractivity contribution in [2.45, 2.75) is 43.2 Å². The van der Waals surface area contributed by atoms with Crippen LogP contribution < -0.4 is 5.32 Å². The molecule has 64 valence electrons. The van der Waals surface area contributed by atoms with Crippen LogP contribution in [0, 0.1) is 0 Å². The Bertz CT molecular complexity index is 164. The molecular weight excluding hydrogens is 146 g/mol. The third kappa shape index (κ3) is 0.980. The first-order valence-electron chi connectivity index (χ1n) is 4.00. The van der Waals surface area contributed by atoms with E-state index in [1.165, 1.54) is 0 Å². The minimum absolute atomic E-state index is 0.0154. The van der Waals surface area contributed by atoms with Gasteiger partial charge in [0, 0.05) is 6.04 Å². The molecule has 0 radical (unpaired) electrons. The first kappa shape index (κ1) is 7.49. The van der Waals surface area contributed by atoms with Gasteiger partial charge >= 0.3 is 0 Å². The molecule has 0 amide bonds. The van der Waals surface area contributed by atoms with E-state index in [4.69, 9.17) is 0 Å². The number of nitrogens with one attached hydrogen (secondary N) is 1. The fraction of sp³-hybridized carbons (Fsp3) is 1.00.